The maximum absolute atomic E-state index is 11.6. The highest BCUT2D eigenvalue weighted by molar-refractivity contribution is 5.88. The molecule has 0 radical (unpaired) electrons. The van der Waals surface area contributed by atoms with Crippen LogP contribution in [0, 0.1) is 0 Å². The average molecular weight is 258 g/mol. The van der Waals surface area contributed by atoms with Crippen LogP contribution in [0.25, 0.3) is 0 Å². The smallest absolute Gasteiger partial charge is 0.350 e. The van der Waals surface area contributed by atoms with Crippen molar-refractivity contribution in [2.75, 3.05) is 7.11 Å². The van der Waals surface area contributed by atoms with Gasteiger partial charge in [-0.25, -0.2) is 9.59 Å². The van der Waals surface area contributed by atoms with Crippen molar-refractivity contribution in [2.45, 2.75) is 12.8 Å². The van der Waals surface area contributed by atoms with Crippen LogP contribution in [0.2, 0.25) is 0 Å². The van der Waals surface area contributed by atoms with E-state index in [1.165, 1.54) is 18.7 Å². The Morgan fingerprint density at radius 2 is 1.84 bits per heavy atom. The second kappa shape index (κ2) is 6.00. The van der Waals surface area contributed by atoms with E-state index in [9.17, 15) is 9.59 Å². The van der Waals surface area contributed by atoms with E-state index in [2.05, 4.69) is 4.74 Å². The van der Waals surface area contributed by atoms with Gasteiger partial charge in [0, 0.05) is 6.42 Å². The van der Waals surface area contributed by atoms with Crippen molar-refractivity contribution in [1.82, 2.24) is 0 Å². The Kier molecular flexibility index (Phi) is 4.13. The normalized spacial score (nSPS) is 10.2. The summed E-state index contributed by atoms with van der Waals surface area (Å²) >= 11 is 0. The second-order valence-electron chi connectivity index (χ2n) is 4.08. The van der Waals surface area contributed by atoms with Crippen LogP contribution in [-0.2, 0) is 17.6 Å². The number of carbonyl (C=O) groups excluding carboxylic acids is 1. The number of aryl methyl sites for hydroxylation is 2. The van der Waals surface area contributed by atoms with Gasteiger partial charge in [0.2, 0.25) is 0 Å². The van der Waals surface area contributed by atoms with E-state index in [1.54, 1.807) is 6.07 Å². The van der Waals surface area contributed by atoms with Crippen LogP contribution in [0.1, 0.15) is 21.7 Å². The van der Waals surface area contributed by atoms with Crippen LogP contribution in [0.5, 0.6) is 0 Å². The van der Waals surface area contributed by atoms with Crippen LogP contribution in [0.4, 0.5) is 0 Å². The highest BCUT2D eigenvalue weighted by Crippen LogP contribution is 2.07. The molecule has 2 aromatic rings. The first-order valence-electron chi connectivity index (χ1n) is 5.96. The third-order valence-electron chi connectivity index (χ3n) is 2.79. The molecular formula is C15H14O4. The van der Waals surface area contributed by atoms with Crippen molar-refractivity contribution >= 4 is 5.97 Å². The highest BCUT2D eigenvalue weighted by Gasteiger charge is 2.12. The van der Waals surface area contributed by atoms with Crippen LogP contribution >= 0.6 is 0 Å². The van der Waals surface area contributed by atoms with Crippen molar-refractivity contribution < 1.29 is 13.9 Å². The zero-order chi connectivity index (χ0) is 13.7. The molecule has 0 saturated carbocycles. The molecule has 1 aromatic carbocycles. The molecule has 4 heteroatoms. The maximum Gasteiger partial charge on any atom is 0.350 e. The summed E-state index contributed by atoms with van der Waals surface area (Å²) < 4.78 is 9.58. The van der Waals surface area contributed by atoms with Gasteiger partial charge in [0.15, 0.2) is 0 Å². The number of benzene rings is 1. The molecule has 0 bridgehead atoms. The zero-order valence-corrected chi connectivity index (χ0v) is 10.6. The Labute approximate surface area is 110 Å². The van der Waals surface area contributed by atoms with Crippen molar-refractivity contribution in [1.29, 1.82) is 0 Å². The Bertz CT molecular complexity index is 614. The summed E-state index contributed by atoms with van der Waals surface area (Å²) in [6, 6.07) is 13.0. The van der Waals surface area contributed by atoms with Gasteiger partial charge in [-0.1, -0.05) is 30.3 Å². The Balaban J connectivity index is 2.09. The minimum atomic E-state index is -0.677. The van der Waals surface area contributed by atoms with E-state index in [1.807, 2.05) is 30.3 Å². The maximum atomic E-state index is 11.6. The van der Waals surface area contributed by atoms with E-state index in [-0.39, 0.29) is 5.56 Å². The molecule has 19 heavy (non-hydrogen) atoms. The lowest BCUT2D eigenvalue weighted by Gasteiger charge is -2.02. The first-order chi connectivity index (χ1) is 9.20. The predicted octanol–water partition coefficient (Wildman–Crippen LogP) is 2.21. The van der Waals surface area contributed by atoms with Crippen LogP contribution in [0.3, 0.4) is 0 Å². The molecule has 1 heterocycles. The fourth-order valence-electron chi connectivity index (χ4n) is 1.76. The molecule has 0 fully saturated rings. The van der Waals surface area contributed by atoms with Gasteiger partial charge in [-0.2, -0.15) is 0 Å². The number of ether oxygens (including phenoxy) is 1. The molecule has 0 saturated heterocycles. The second-order valence-corrected chi connectivity index (χ2v) is 4.08. The number of carbonyl (C=O) groups is 1. The van der Waals surface area contributed by atoms with Gasteiger partial charge in [0.1, 0.15) is 11.3 Å². The van der Waals surface area contributed by atoms with Crippen molar-refractivity contribution in [3.63, 3.8) is 0 Å². The molecule has 2 rings (SSSR count). The van der Waals surface area contributed by atoms with Gasteiger partial charge < -0.3 is 9.15 Å². The fourth-order valence-corrected chi connectivity index (χ4v) is 1.76. The van der Waals surface area contributed by atoms with Gasteiger partial charge in [-0.05, 0) is 24.1 Å². The molecule has 0 unspecified atom stereocenters. The minimum Gasteiger partial charge on any atom is -0.465 e. The van der Waals surface area contributed by atoms with E-state index >= 15 is 0 Å². The van der Waals surface area contributed by atoms with Gasteiger partial charge in [0.25, 0.3) is 0 Å². The van der Waals surface area contributed by atoms with Gasteiger partial charge in [0.05, 0.1) is 7.11 Å². The third-order valence-corrected chi connectivity index (χ3v) is 2.79. The summed E-state index contributed by atoms with van der Waals surface area (Å²) in [6.07, 6.45) is 1.39. The molecule has 4 nitrogen and oxygen atoms in total. The number of methoxy groups -OCH3 is 1. The van der Waals surface area contributed by atoms with Gasteiger partial charge >= 0.3 is 11.6 Å². The average Bonchev–Trinajstić information content (AvgIpc) is 2.45. The van der Waals surface area contributed by atoms with Crippen molar-refractivity contribution in [3.8, 4) is 0 Å². The summed E-state index contributed by atoms with van der Waals surface area (Å²) in [4.78, 5) is 22.8. The lowest BCUT2D eigenvalue weighted by Crippen LogP contribution is -2.15. The lowest BCUT2D eigenvalue weighted by atomic mass is 10.1. The molecule has 0 atom stereocenters. The van der Waals surface area contributed by atoms with Crippen LogP contribution in [-0.4, -0.2) is 13.1 Å². The Morgan fingerprint density at radius 3 is 2.47 bits per heavy atom. The van der Waals surface area contributed by atoms with Crippen molar-refractivity contribution in [3.05, 3.63) is 69.8 Å². The summed E-state index contributed by atoms with van der Waals surface area (Å²) in [5.41, 5.74) is 0.436. The molecule has 0 aliphatic carbocycles. The van der Waals surface area contributed by atoms with E-state index in [4.69, 9.17) is 4.42 Å². The van der Waals surface area contributed by atoms with Gasteiger partial charge in [-0.3, -0.25) is 0 Å². The number of rotatable bonds is 4. The first-order valence-corrected chi connectivity index (χ1v) is 5.96. The first kappa shape index (κ1) is 13.1. The highest BCUT2D eigenvalue weighted by atomic mass is 16.5. The topological polar surface area (TPSA) is 56.5 Å². The molecule has 98 valence electrons. The molecular weight excluding hydrogens is 244 g/mol. The standard InChI is InChI=1S/C15H14O4/c1-18-14(16)13-10-9-12(19-15(13)17)8-7-11-5-3-2-4-6-11/h2-6,9-10H,7-8H2,1H3. The van der Waals surface area contributed by atoms with Crippen LogP contribution in [0.15, 0.2) is 51.7 Å². The summed E-state index contributed by atoms with van der Waals surface area (Å²) in [6.45, 7) is 0. The van der Waals surface area contributed by atoms with Crippen LogP contribution < -0.4 is 5.63 Å². The SMILES string of the molecule is COC(=O)c1ccc(CCc2ccccc2)oc1=O. The molecule has 0 spiro atoms. The number of esters is 1. The van der Waals surface area contributed by atoms with E-state index in [0.717, 1.165) is 6.42 Å². The zero-order valence-electron chi connectivity index (χ0n) is 10.6. The van der Waals surface area contributed by atoms with E-state index in [0.29, 0.717) is 12.2 Å². The summed E-state index contributed by atoms with van der Waals surface area (Å²) in [7, 11) is 1.23. The molecule has 0 amide bonds. The largest absolute Gasteiger partial charge is 0.465 e. The minimum absolute atomic E-state index is 0.0778. The fraction of sp³-hybridized carbons (Fsp3) is 0.200. The molecule has 0 aliphatic heterocycles. The summed E-state index contributed by atoms with van der Waals surface area (Å²) in [5.74, 6) is -0.120. The monoisotopic (exact) mass is 258 g/mol. The molecule has 0 aliphatic rings. The Morgan fingerprint density at radius 1 is 1.11 bits per heavy atom. The molecule has 0 N–H and O–H groups in total. The van der Waals surface area contributed by atoms with Crippen molar-refractivity contribution in [2.24, 2.45) is 0 Å². The van der Waals surface area contributed by atoms with E-state index < -0.39 is 11.6 Å². The predicted molar refractivity (Wildman–Crippen MR) is 70.2 cm³/mol. The third kappa shape index (κ3) is 3.31. The lowest BCUT2D eigenvalue weighted by molar-refractivity contribution is 0.0595. The molecule has 1 aromatic heterocycles. The quantitative estimate of drug-likeness (QED) is 0.789. The number of hydrogen-bond donors (Lipinski definition) is 0. The summed E-state index contributed by atoms with van der Waals surface area (Å²) in [5, 5.41) is 0. The van der Waals surface area contributed by atoms with Gasteiger partial charge in [-0.15, -0.1) is 0 Å². The Hall–Kier alpha value is -2.36. The number of hydrogen-bond acceptors (Lipinski definition) is 4.